The summed E-state index contributed by atoms with van der Waals surface area (Å²) >= 11 is 0. The van der Waals surface area contributed by atoms with Crippen molar-refractivity contribution in [2.75, 3.05) is 0 Å². The molecule has 0 saturated heterocycles. The summed E-state index contributed by atoms with van der Waals surface area (Å²) < 4.78 is 5.82. The molecule has 1 aromatic rings. The van der Waals surface area contributed by atoms with E-state index >= 15 is 0 Å². The molecule has 2 N–H and O–H groups in total. The Balaban J connectivity index is 2.13. The molecule has 2 rings (SSSR count). The van der Waals surface area contributed by atoms with Crippen molar-refractivity contribution in [2.24, 2.45) is 0 Å². The molecule has 86 valence electrons. The zero-order valence-electron chi connectivity index (χ0n) is 9.52. The molecule has 1 aliphatic rings. The van der Waals surface area contributed by atoms with Gasteiger partial charge in [-0.05, 0) is 55.8 Å². The third-order valence-corrected chi connectivity index (χ3v) is 2.98. The molecule has 4 heteroatoms. The minimum absolute atomic E-state index is 0.297. The summed E-state index contributed by atoms with van der Waals surface area (Å²) in [6.07, 6.45) is 4.96. The van der Waals surface area contributed by atoms with Crippen LogP contribution in [0.25, 0.3) is 0 Å². The lowest BCUT2D eigenvalue weighted by molar-refractivity contribution is 0.210. The second kappa shape index (κ2) is 4.89. The van der Waals surface area contributed by atoms with E-state index in [9.17, 15) is 0 Å². The second-order valence-electron chi connectivity index (χ2n) is 4.48. The minimum Gasteiger partial charge on any atom is -0.490 e. The van der Waals surface area contributed by atoms with Gasteiger partial charge >= 0.3 is 7.12 Å². The van der Waals surface area contributed by atoms with Crippen LogP contribution >= 0.6 is 0 Å². The summed E-state index contributed by atoms with van der Waals surface area (Å²) in [4.78, 5) is 0. The van der Waals surface area contributed by atoms with Crippen LogP contribution in [-0.2, 0) is 0 Å². The Hall–Kier alpha value is -0.995. The van der Waals surface area contributed by atoms with Gasteiger partial charge < -0.3 is 14.8 Å². The van der Waals surface area contributed by atoms with E-state index in [4.69, 9.17) is 14.8 Å². The summed E-state index contributed by atoms with van der Waals surface area (Å²) in [5.74, 6) is 0.745. The number of benzene rings is 1. The highest BCUT2D eigenvalue weighted by Crippen LogP contribution is 2.24. The van der Waals surface area contributed by atoms with Gasteiger partial charge in [0.2, 0.25) is 0 Å². The molecule has 3 nitrogen and oxygen atoms in total. The molecule has 1 saturated carbocycles. The maximum Gasteiger partial charge on any atom is 0.488 e. The second-order valence-corrected chi connectivity index (χ2v) is 4.48. The molecular formula is C12H17BO3. The lowest BCUT2D eigenvalue weighted by atomic mass is 9.79. The fourth-order valence-electron chi connectivity index (χ4n) is 2.19. The largest absolute Gasteiger partial charge is 0.490 e. The van der Waals surface area contributed by atoms with Crippen molar-refractivity contribution >= 4 is 12.6 Å². The van der Waals surface area contributed by atoms with Crippen LogP contribution in [0, 0.1) is 6.92 Å². The van der Waals surface area contributed by atoms with Crippen LogP contribution in [-0.4, -0.2) is 23.3 Å². The van der Waals surface area contributed by atoms with Crippen LogP contribution in [0.2, 0.25) is 0 Å². The first kappa shape index (κ1) is 11.5. The predicted molar refractivity (Wildman–Crippen MR) is 63.9 cm³/mol. The van der Waals surface area contributed by atoms with Crippen LogP contribution in [0.5, 0.6) is 5.75 Å². The Morgan fingerprint density at radius 3 is 2.50 bits per heavy atom. The van der Waals surface area contributed by atoms with Gasteiger partial charge in [0.1, 0.15) is 5.75 Å². The van der Waals surface area contributed by atoms with Crippen LogP contribution in [0.3, 0.4) is 0 Å². The van der Waals surface area contributed by atoms with E-state index in [-0.39, 0.29) is 0 Å². The summed E-state index contributed by atoms with van der Waals surface area (Å²) in [6.45, 7) is 1.92. The summed E-state index contributed by atoms with van der Waals surface area (Å²) in [6, 6.07) is 5.40. The van der Waals surface area contributed by atoms with Crippen LogP contribution in [0.1, 0.15) is 31.2 Å². The highest BCUT2D eigenvalue weighted by atomic mass is 16.5. The van der Waals surface area contributed by atoms with Gasteiger partial charge in [-0.2, -0.15) is 0 Å². The number of ether oxygens (including phenoxy) is 1. The first-order chi connectivity index (χ1) is 7.65. The summed E-state index contributed by atoms with van der Waals surface area (Å²) in [5, 5.41) is 18.3. The van der Waals surface area contributed by atoms with Crippen molar-refractivity contribution in [3.8, 4) is 5.75 Å². The Bertz CT molecular complexity index is 359. The molecular weight excluding hydrogens is 203 g/mol. The molecule has 0 heterocycles. The van der Waals surface area contributed by atoms with Crippen molar-refractivity contribution in [3.05, 3.63) is 23.8 Å². The molecule has 0 aliphatic heterocycles. The lowest BCUT2D eigenvalue weighted by Gasteiger charge is -2.14. The highest BCUT2D eigenvalue weighted by Gasteiger charge is 2.18. The van der Waals surface area contributed by atoms with Gasteiger partial charge in [-0.15, -0.1) is 0 Å². The third kappa shape index (κ3) is 2.77. The first-order valence-electron chi connectivity index (χ1n) is 5.79. The maximum absolute atomic E-state index is 9.13. The molecule has 1 aromatic carbocycles. The van der Waals surface area contributed by atoms with E-state index in [0.29, 0.717) is 11.6 Å². The quantitative estimate of drug-likeness (QED) is 0.747. The molecule has 0 radical (unpaired) electrons. The molecule has 0 aromatic heterocycles. The average Bonchev–Trinajstić information content (AvgIpc) is 2.69. The smallest absolute Gasteiger partial charge is 0.488 e. The topological polar surface area (TPSA) is 49.7 Å². The number of aryl methyl sites for hydroxylation is 1. The van der Waals surface area contributed by atoms with E-state index < -0.39 is 7.12 Å². The molecule has 0 unspecified atom stereocenters. The van der Waals surface area contributed by atoms with E-state index in [1.807, 2.05) is 13.0 Å². The lowest BCUT2D eigenvalue weighted by Crippen LogP contribution is -2.30. The van der Waals surface area contributed by atoms with Crippen LogP contribution in [0.4, 0.5) is 0 Å². The van der Waals surface area contributed by atoms with Gasteiger partial charge in [-0.1, -0.05) is 6.07 Å². The van der Waals surface area contributed by atoms with Crippen LogP contribution in [0.15, 0.2) is 18.2 Å². The first-order valence-corrected chi connectivity index (χ1v) is 5.79. The van der Waals surface area contributed by atoms with Crippen molar-refractivity contribution in [1.82, 2.24) is 0 Å². The standard InChI is InChI=1S/C12H17BO3/c1-9-6-10(13(14)15)8-12(7-9)16-11-4-2-3-5-11/h6-8,11,14-15H,2-5H2,1H3. The van der Waals surface area contributed by atoms with E-state index in [0.717, 1.165) is 24.2 Å². The normalized spacial score (nSPS) is 16.4. The summed E-state index contributed by atoms with van der Waals surface area (Å²) in [5.41, 5.74) is 1.48. The molecule has 1 aliphatic carbocycles. The molecule has 1 fully saturated rings. The van der Waals surface area contributed by atoms with Crippen molar-refractivity contribution in [1.29, 1.82) is 0 Å². The van der Waals surface area contributed by atoms with Crippen molar-refractivity contribution < 1.29 is 14.8 Å². The van der Waals surface area contributed by atoms with E-state index in [2.05, 4.69) is 0 Å². The number of hydrogen-bond donors (Lipinski definition) is 2. The van der Waals surface area contributed by atoms with Gasteiger partial charge in [0.15, 0.2) is 0 Å². The molecule has 16 heavy (non-hydrogen) atoms. The zero-order valence-corrected chi connectivity index (χ0v) is 9.52. The SMILES string of the molecule is Cc1cc(OC2CCCC2)cc(B(O)O)c1. The third-order valence-electron chi connectivity index (χ3n) is 2.98. The Kier molecular flexibility index (Phi) is 3.51. The van der Waals surface area contributed by atoms with E-state index in [1.165, 1.54) is 12.8 Å². The average molecular weight is 220 g/mol. The van der Waals surface area contributed by atoms with Gasteiger partial charge in [0.25, 0.3) is 0 Å². The fraction of sp³-hybridized carbons (Fsp3) is 0.500. The Morgan fingerprint density at radius 1 is 1.19 bits per heavy atom. The monoisotopic (exact) mass is 220 g/mol. The van der Waals surface area contributed by atoms with Gasteiger partial charge in [-0.25, -0.2) is 0 Å². The maximum atomic E-state index is 9.13. The zero-order chi connectivity index (χ0) is 11.5. The van der Waals surface area contributed by atoms with Gasteiger partial charge in [0.05, 0.1) is 6.10 Å². The fourth-order valence-corrected chi connectivity index (χ4v) is 2.19. The van der Waals surface area contributed by atoms with Crippen molar-refractivity contribution in [3.63, 3.8) is 0 Å². The van der Waals surface area contributed by atoms with E-state index in [1.54, 1.807) is 12.1 Å². The van der Waals surface area contributed by atoms with Crippen molar-refractivity contribution in [2.45, 2.75) is 38.7 Å². The number of rotatable bonds is 3. The molecule has 0 amide bonds. The molecule has 0 atom stereocenters. The van der Waals surface area contributed by atoms with Crippen LogP contribution < -0.4 is 10.2 Å². The Morgan fingerprint density at radius 2 is 1.88 bits per heavy atom. The van der Waals surface area contributed by atoms with Gasteiger partial charge in [0, 0.05) is 0 Å². The minimum atomic E-state index is -1.43. The summed E-state index contributed by atoms with van der Waals surface area (Å²) in [7, 11) is -1.43. The highest BCUT2D eigenvalue weighted by molar-refractivity contribution is 6.58. The Labute approximate surface area is 96.2 Å². The molecule has 0 spiro atoms. The van der Waals surface area contributed by atoms with Gasteiger partial charge in [-0.3, -0.25) is 0 Å². The number of hydrogen-bond acceptors (Lipinski definition) is 3. The molecule has 0 bridgehead atoms. The predicted octanol–water partition coefficient (Wildman–Crippen LogP) is 0.996.